The van der Waals surface area contributed by atoms with Crippen LogP contribution in [0.15, 0.2) is 0 Å². The Morgan fingerprint density at radius 3 is 2.61 bits per heavy atom. The average molecular weight is 261 g/mol. The first-order valence-corrected chi connectivity index (χ1v) is 6.53. The monoisotopic (exact) mass is 261 g/mol. The highest BCUT2D eigenvalue weighted by Gasteiger charge is 2.13. The maximum Gasteiger partial charge on any atom is 0.305 e. The number of hydrogen-bond acceptors (Lipinski definition) is 5. The number of rotatable bonds is 9. The first-order valence-electron chi connectivity index (χ1n) is 6.53. The van der Waals surface area contributed by atoms with Crippen LogP contribution in [0.3, 0.4) is 0 Å². The largest absolute Gasteiger partial charge is 0.466 e. The predicted molar refractivity (Wildman–Crippen MR) is 70.4 cm³/mol. The Hall–Kier alpha value is -0.650. The minimum Gasteiger partial charge on any atom is -0.466 e. The van der Waals surface area contributed by atoms with E-state index in [4.69, 9.17) is 9.47 Å². The SMILES string of the molecule is CCOC(=O)CCCNCC(O)COC(C)(C)C. The van der Waals surface area contributed by atoms with Crippen LogP contribution >= 0.6 is 0 Å². The van der Waals surface area contributed by atoms with Gasteiger partial charge in [-0.15, -0.1) is 0 Å². The summed E-state index contributed by atoms with van der Waals surface area (Å²) in [5.74, 6) is -0.170. The molecule has 0 aromatic rings. The summed E-state index contributed by atoms with van der Waals surface area (Å²) in [6.07, 6.45) is 0.605. The zero-order valence-electron chi connectivity index (χ0n) is 12.0. The summed E-state index contributed by atoms with van der Waals surface area (Å²) in [6.45, 7) is 9.54. The van der Waals surface area contributed by atoms with Crippen molar-refractivity contribution in [2.45, 2.75) is 52.2 Å². The molecular weight excluding hydrogens is 234 g/mol. The van der Waals surface area contributed by atoms with E-state index >= 15 is 0 Å². The second-order valence-corrected chi connectivity index (χ2v) is 5.19. The van der Waals surface area contributed by atoms with Gasteiger partial charge in [-0.05, 0) is 40.7 Å². The molecule has 18 heavy (non-hydrogen) atoms. The van der Waals surface area contributed by atoms with Crippen LogP contribution in [-0.2, 0) is 14.3 Å². The highest BCUT2D eigenvalue weighted by atomic mass is 16.5. The minimum atomic E-state index is -0.521. The van der Waals surface area contributed by atoms with Gasteiger partial charge in [0.15, 0.2) is 0 Å². The number of hydrogen-bond donors (Lipinski definition) is 2. The number of aliphatic hydroxyl groups is 1. The molecule has 0 radical (unpaired) electrons. The molecule has 0 aromatic heterocycles. The number of esters is 1. The first kappa shape index (κ1) is 17.4. The fourth-order valence-electron chi connectivity index (χ4n) is 1.26. The van der Waals surface area contributed by atoms with Gasteiger partial charge in [0.2, 0.25) is 0 Å². The van der Waals surface area contributed by atoms with Gasteiger partial charge in [0.25, 0.3) is 0 Å². The van der Waals surface area contributed by atoms with Crippen molar-refractivity contribution < 1.29 is 19.4 Å². The van der Waals surface area contributed by atoms with Gasteiger partial charge in [0.1, 0.15) is 0 Å². The van der Waals surface area contributed by atoms with E-state index < -0.39 is 6.10 Å². The van der Waals surface area contributed by atoms with E-state index in [9.17, 15) is 9.90 Å². The lowest BCUT2D eigenvalue weighted by Gasteiger charge is -2.22. The summed E-state index contributed by atoms with van der Waals surface area (Å²) in [5, 5.41) is 12.7. The molecule has 108 valence electrons. The molecular formula is C13H27NO4. The summed E-state index contributed by atoms with van der Waals surface area (Å²) in [7, 11) is 0. The highest BCUT2D eigenvalue weighted by Crippen LogP contribution is 2.06. The quantitative estimate of drug-likeness (QED) is 0.480. The molecule has 0 aromatic carbocycles. The van der Waals surface area contributed by atoms with Crippen molar-refractivity contribution in [1.82, 2.24) is 5.32 Å². The molecule has 5 heteroatoms. The molecule has 0 aliphatic carbocycles. The van der Waals surface area contributed by atoms with Crippen molar-refractivity contribution >= 4 is 5.97 Å². The average Bonchev–Trinajstić information content (AvgIpc) is 2.25. The first-order chi connectivity index (χ1) is 8.35. The van der Waals surface area contributed by atoms with Crippen LogP contribution in [0.4, 0.5) is 0 Å². The molecule has 0 saturated carbocycles. The summed E-state index contributed by atoms with van der Waals surface area (Å²) in [5.41, 5.74) is -0.231. The molecule has 0 bridgehead atoms. The molecule has 5 nitrogen and oxygen atoms in total. The lowest BCUT2D eigenvalue weighted by molar-refractivity contribution is -0.143. The Morgan fingerprint density at radius 2 is 2.06 bits per heavy atom. The predicted octanol–water partition coefficient (Wildman–Crippen LogP) is 1.10. The molecule has 0 spiro atoms. The Labute approximate surface area is 110 Å². The van der Waals surface area contributed by atoms with Crippen LogP contribution in [0.1, 0.15) is 40.5 Å². The third-order valence-electron chi connectivity index (χ3n) is 2.13. The van der Waals surface area contributed by atoms with E-state index in [2.05, 4.69) is 5.32 Å². The van der Waals surface area contributed by atoms with Crippen LogP contribution in [0.25, 0.3) is 0 Å². The fraction of sp³-hybridized carbons (Fsp3) is 0.923. The molecule has 0 aliphatic heterocycles. The second-order valence-electron chi connectivity index (χ2n) is 5.19. The number of aliphatic hydroxyl groups excluding tert-OH is 1. The molecule has 1 atom stereocenters. The zero-order chi connectivity index (χ0) is 14.0. The normalized spacial score (nSPS) is 13.4. The van der Waals surface area contributed by atoms with Crippen molar-refractivity contribution in [2.75, 3.05) is 26.3 Å². The van der Waals surface area contributed by atoms with Crippen LogP contribution < -0.4 is 5.32 Å². The standard InChI is InChI=1S/C13H27NO4/c1-5-17-12(16)7-6-8-14-9-11(15)10-18-13(2,3)4/h11,14-15H,5-10H2,1-4H3. The van der Waals surface area contributed by atoms with Crippen molar-refractivity contribution in [2.24, 2.45) is 0 Å². The van der Waals surface area contributed by atoms with Crippen LogP contribution in [0.2, 0.25) is 0 Å². The van der Waals surface area contributed by atoms with E-state index in [1.165, 1.54) is 0 Å². The molecule has 0 saturated heterocycles. The fourth-order valence-corrected chi connectivity index (χ4v) is 1.26. The molecule has 0 heterocycles. The lowest BCUT2D eigenvalue weighted by Crippen LogP contribution is -2.34. The Balaban J connectivity index is 3.40. The third kappa shape index (κ3) is 11.8. The van der Waals surface area contributed by atoms with Crippen LogP contribution in [-0.4, -0.2) is 49.1 Å². The van der Waals surface area contributed by atoms with Gasteiger partial charge < -0.3 is 19.9 Å². The van der Waals surface area contributed by atoms with Gasteiger partial charge in [-0.25, -0.2) is 0 Å². The van der Waals surface area contributed by atoms with Gasteiger partial charge in [-0.1, -0.05) is 0 Å². The maximum atomic E-state index is 11.0. The van der Waals surface area contributed by atoms with E-state index in [-0.39, 0.29) is 11.6 Å². The van der Waals surface area contributed by atoms with Crippen molar-refractivity contribution in [3.8, 4) is 0 Å². The van der Waals surface area contributed by atoms with E-state index in [1.807, 2.05) is 20.8 Å². The zero-order valence-corrected chi connectivity index (χ0v) is 12.0. The summed E-state index contributed by atoms with van der Waals surface area (Å²) in [4.78, 5) is 11.0. The van der Waals surface area contributed by atoms with Gasteiger partial charge in [0.05, 0.1) is 24.9 Å². The summed E-state index contributed by atoms with van der Waals surface area (Å²) >= 11 is 0. The number of ether oxygens (including phenoxy) is 2. The summed E-state index contributed by atoms with van der Waals surface area (Å²) < 4.78 is 10.3. The topological polar surface area (TPSA) is 67.8 Å². The second kappa shape index (κ2) is 9.30. The number of nitrogens with one attached hydrogen (secondary N) is 1. The van der Waals surface area contributed by atoms with E-state index in [0.29, 0.717) is 39.1 Å². The number of carbonyl (C=O) groups is 1. The molecule has 2 N–H and O–H groups in total. The molecule has 0 aliphatic rings. The Kier molecular flexibility index (Phi) is 8.97. The number of carbonyl (C=O) groups excluding carboxylic acids is 1. The summed E-state index contributed by atoms with van der Waals surface area (Å²) in [6, 6.07) is 0. The molecule has 0 fully saturated rings. The van der Waals surface area contributed by atoms with Crippen molar-refractivity contribution in [3.63, 3.8) is 0 Å². The van der Waals surface area contributed by atoms with Crippen molar-refractivity contribution in [1.29, 1.82) is 0 Å². The van der Waals surface area contributed by atoms with Gasteiger partial charge in [0, 0.05) is 13.0 Å². The van der Waals surface area contributed by atoms with Gasteiger partial charge >= 0.3 is 5.97 Å². The van der Waals surface area contributed by atoms with Gasteiger partial charge in [-0.2, -0.15) is 0 Å². The lowest BCUT2D eigenvalue weighted by atomic mass is 10.2. The van der Waals surface area contributed by atoms with Gasteiger partial charge in [-0.3, -0.25) is 4.79 Å². The van der Waals surface area contributed by atoms with E-state index in [0.717, 1.165) is 0 Å². The van der Waals surface area contributed by atoms with Crippen LogP contribution in [0.5, 0.6) is 0 Å². The Bertz CT molecular complexity index is 226. The molecule has 1 unspecified atom stereocenters. The highest BCUT2D eigenvalue weighted by molar-refractivity contribution is 5.69. The third-order valence-corrected chi connectivity index (χ3v) is 2.13. The smallest absolute Gasteiger partial charge is 0.305 e. The Morgan fingerprint density at radius 1 is 1.39 bits per heavy atom. The van der Waals surface area contributed by atoms with Crippen LogP contribution in [0, 0.1) is 0 Å². The molecule has 0 amide bonds. The van der Waals surface area contributed by atoms with Crippen molar-refractivity contribution in [3.05, 3.63) is 0 Å². The maximum absolute atomic E-state index is 11.0. The minimum absolute atomic E-state index is 0.170. The molecule has 0 rings (SSSR count). The van der Waals surface area contributed by atoms with E-state index in [1.54, 1.807) is 6.92 Å².